The molecular formula is C7H5N2S2. The first-order chi connectivity index (χ1) is 5.36. The highest BCUT2D eigenvalue weighted by atomic mass is 32.1. The second-order valence-corrected chi connectivity index (χ2v) is 3.96. The van der Waals surface area contributed by atoms with Gasteiger partial charge in [0.25, 0.3) is 0 Å². The SMILES string of the molecule is Cc1nc(-c2cn[c]s2)cs1. The maximum atomic E-state index is 4.32. The van der Waals surface area contributed by atoms with Crippen LogP contribution in [0.4, 0.5) is 0 Å². The third-order valence-corrected chi connectivity index (χ3v) is 2.77. The quantitative estimate of drug-likeness (QED) is 0.675. The molecule has 4 heteroatoms. The van der Waals surface area contributed by atoms with Crippen LogP contribution in [0.15, 0.2) is 11.6 Å². The van der Waals surface area contributed by atoms with Gasteiger partial charge in [0, 0.05) is 11.6 Å². The number of nitrogens with zero attached hydrogens (tertiary/aromatic N) is 2. The van der Waals surface area contributed by atoms with Crippen molar-refractivity contribution in [3.05, 3.63) is 22.1 Å². The van der Waals surface area contributed by atoms with E-state index >= 15 is 0 Å². The maximum absolute atomic E-state index is 4.32. The van der Waals surface area contributed by atoms with Gasteiger partial charge in [-0.1, -0.05) is 0 Å². The molecule has 0 amide bonds. The van der Waals surface area contributed by atoms with Gasteiger partial charge >= 0.3 is 0 Å². The highest BCUT2D eigenvalue weighted by Crippen LogP contribution is 2.23. The Balaban J connectivity index is 2.45. The molecule has 0 fully saturated rings. The van der Waals surface area contributed by atoms with E-state index in [1.54, 1.807) is 17.5 Å². The summed E-state index contributed by atoms with van der Waals surface area (Å²) in [7, 11) is 0. The minimum Gasteiger partial charge on any atom is -0.241 e. The molecule has 2 aromatic heterocycles. The van der Waals surface area contributed by atoms with Crippen LogP contribution in [-0.4, -0.2) is 9.97 Å². The lowest BCUT2D eigenvalue weighted by atomic mass is 10.4. The van der Waals surface area contributed by atoms with Crippen LogP contribution in [0.5, 0.6) is 0 Å². The second kappa shape index (κ2) is 2.71. The molecule has 0 aliphatic rings. The van der Waals surface area contributed by atoms with Gasteiger partial charge in [-0.3, -0.25) is 0 Å². The molecule has 0 aromatic carbocycles. The van der Waals surface area contributed by atoms with E-state index in [2.05, 4.69) is 15.5 Å². The molecule has 0 saturated heterocycles. The topological polar surface area (TPSA) is 25.8 Å². The fourth-order valence-electron chi connectivity index (χ4n) is 0.782. The Hall–Kier alpha value is -0.740. The third-order valence-electron chi connectivity index (χ3n) is 1.26. The van der Waals surface area contributed by atoms with Crippen LogP contribution in [-0.2, 0) is 0 Å². The van der Waals surface area contributed by atoms with Crippen LogP contribution >= 0.6 is 22.7 Å². The molecule has 2 aromatic rings. The standard InChI is InChI=1S/C7H5N2S2/c1-5-9-6(3-10-5)7-2-8-4-11-7/h2-3H,1H3. The molecule has 0 aliphatic carbocycles. The fourth-order valence-corrected chi connectivity index (χ4v) is 1.99. The first kappa shape index (κ1) is 6.94. The Morgan fingerprint density at radius 3 is 3.00 bits per heavy atom. The highest BCUT2D eigenvalue weighted by molar-refractivity contribution is 7.13. The molecule has 0 aliphatic heterocycles. The molecule has 0 bridgehead atoms. The number of rotatable bonds is 1. The van der Waals surface area contributed by atoms with E-state index in [4.69, 9.17) is 0 Å². The second-order valence-electron chi connectivity index (χ2n) is 2.07. The van der Waals surface area contributed by atoms with Crippen molar-refractivity contribution in [2.45, 2.75) is 6.92 Å². The highest BCUT2D eigenvalue weighted by Gasteiger charge is 2.02. The summed E-state index contributed by atoms with van der Waals surface area (Å²) in [6, 6.07) is 0. The Kier molecular flexibility index (Phi) is 1.71. The van der Waals surface area contributed by atoms with Crippen molar-refractivity contribution in [1.29, 1.82) is 0 Å². The van der Waals surface area contributed by atoms with Gasteiger partial charge in [-0.05, 0) is 6.92 Å². The van der Waals surface area contributed by atoms with Crippen LogP contribution in [0.3, 0.4) is 0 Å². The minimum absolute atomic E-state index is 1.02. The van der Waals surface area contributed by atoms with Crippen molar-refractivity contribution < 1.29 is 0 Å². The van der Waals surface area contributed by atoms with Gasteiger partial charge in [0.1, 0.15) is 0 Å². The molecule has 0 N–H and O–H groups in total. The predicted molar refractivity (Wildman–Crippen MR) is 46.8 cm³/mol. The number of hydrogen-bond donors (Lipinski definition) is 0. The van der Waals surface area contributed by atoms with E-state index in [1.165, 1.54) is 11.3 Å². The number of aromatic nitrogens is 2. The van der Waals surface area contributed by atoms with Gasteiger partial charge in [0.05, 0.1) is 15.6 Å². The zero-order chi connectivity index (χ0) is 7.68. The zero-order valence-corrected chi connectivity index (χ0v) is 7.50. The summed E-state index contributed by atoms with van der Waals surface area (Å²) in [5.41, 5.74) is 3.81. The van der Waals surface area contributed by atoms with Gasteiger partial charge in [-0.25, -0.2) is 9.97 Å². The zero-order valence-electron chi connectivity index (χ0n) is 5.87. The summed E-state index contributed by atoms with van der Waals surface area (Å²) >= 11 is 3.15. The van der Waals surface area contributed by atoms with Gasteiger partial charge in [-0.15, -0.1) is 22.7 Å². The van der Waals surface area contributed by atoms with E-state index in [1.807, 2.05) is 12.3 Å². The Labute approximate surface area is 72.6 Å². The molecule has 1 radical (unpaired) electrons. The van der Waals surface area contributed by atoms with Crippen LogP contribution < -0.4 is 0 Å². The van der Waals surface area contributed by atoms with Gasteiger partial charge in [0.2, 0.25) is 0 Å². The molecule has 0 atom stereocenters. The maximum Gasteiger partial charge on any atom is 0.152 e. The van der Waals surface area contributed by atoms with Crippen LogP contribution in [0.1, 0.15) is 5.01 Å². The number of aryl methyl sites for hydroxylation is 1. The van der Waals surface area contributed by atoms with Crippen LogP contribution in [0.25, 0.3) is 10.6 Å². The molecule has 0 spiro atoms. The van der Waals surface area contributed by atoms with Crippen molar-refractivity contribution in [3.8, 4) is 10.6 Å². The monoisotopic (exact) mass is 181 g/mol. The normalized spacial score (nSPS) is 10.3. The first-order valence-corrected chi connectivity index (χ1v) is 4.80. The summed E-state index contributed by atoms with van der Waals surface area (Å²) in [5.74, 6) is 0. The van der Waals surface area contributed by atoms with E-state index in [9.17, 15) is 0 Å². The summed E-state index contributed by atoms with van der Waals surface area (Å²) in [4.78, 5) is 9.28. The van der Waals surface area contributed by atoms with Gasteiger partial charge < -0.3 is 0 Å². The predicted octanol–water partition coefficient (Wildman–Crippen LogP) is 2.38. The third kappa shape index (κ3) is 1.32. The average Bonchev–Trinajstić information content (AvgIpc) is 2.55. The van der Waals surface area contributed by atoms with Crippen LogP contribution in [0, 0.1) is 12.4 Å². The smallest absolute Gasteiger partial charge is 0.152 e. The van der Waals surface area contributed by atoms with Crippen molar-refractivity contribution in [3.63, 3.8) is 0 Å². The van der Waals surface area contributed by atoms with Gasteiger partial charge in [0.15, 0.2) is 5.51 Å². The Bertz CT molecular complexity index is 337. The van der Waals surface area contributed by atoms with Crippen molar-refractivity contribution in [2.75, 3.05) is 0 Å². The van der Waals surface area contributed by atoms with Crippen molar-refractivity contribution in [1.82, 2.24) is 9.97 Å². The summed E-state index contributed by atoms with van der Waals surface area (Å²) in [6.45, 7) is 2.00. The van der Waals surface area contributed by atoms with Crippen molar-refractivity contribution >= 4 is 22.7 Å². The molecule has 11 heavy (non-hydrogen) atoms. The lowest BCUT2D eigenvalue weighted by molar-refractivity contribution is 1.30. The first-order valence-electron chi connectivity index (χ1n) is 3.10. The molecule has 0 unspecified atom stereocenters. The van der Waals surface area contributed by atoms with Crippen LogP contribution in [0.2, 0.25) is 0 Å². The summed E-state index contributed by atoms with van der Waals surface area (Å²) in [6.07, 6.45) is 1.79. The molecule has 2 nitrogen and oxygen atoms in total. The Morgan fingerprint density at radius 1 is 1.55 bits per heavy atom. The van der Waals surface area contributed by atoms with E-state index in [0.29, 0.717) is 0 Å². The average molecular weight is 181 g/mol. The molecule has 55 valence electrons. The van der Waals surface area contributed by atoms with E-state index in [-0.39, 0.29) is 0 Å². The summed E-state index contributed by atoms with van der Waals surface area (Å²) in [5, 5.41) is 3.13. The number of thiazole rings is 2. The minimum atomic E-state index is 1.02. The largest absolute Gasteiger partial charge is 0.241 e. The van der Waals surface area contributed by atoms with E-state index < -0.39 is 0 Å². The Morgan fingerprint density at radius 2 is 2.45 bits per heavy atom. The lowest BCUT2D eigenvalue weighted by Crippen LogP contribution is -1.70. The molecule has 0 saturated carbocycles. The molecular weight excluding hydrogens is 176 g/mol. The molecule has 2 heterocycles. The van der Waals surface area contributed by atoms with E-state index in [0.717, 1.165) is 15.6 Å². The van der Waals surface area contributed by atoms with Gasteiger partial charge in [-0.2, -0.15) is 0 Å². The summed E-state index contributed by atoms with van der Waals surface area (Å²) < 4.78 is 0. The lowest BCUT2D eigenvalue weighted by Gasteiger charge is -1.83. The fraction of sp³-hybridized carbons (Fsp3) is 0.143. The molecule has 2 rings (SSSR count). The number of hydrogen-bond acceptors (Lipinski definition) is 4. The van der Waals surface area contributed by atoms with Crippen molar-refractivity contribution in [2.24, 2.45) is 0 Å².